The van der Waals surface area contributed by atoms with E-state index in [-0.39, 0.29) is 0 Å². The molecule has 1 N–H and O–H groups in total. The SMILES string of the molecule is CC(C)COc1ccc(S(=O)(=O)N2C[C@H]3CNC[C@H]3C2)cc1. The first-order chi connectivity index (χ1) is 10.5. The summed E-state index contributed by atoms with van der Waals surface area (Å²) in [4.78, 5) is 0.359. The number of ether oxygens (including phenoxy) is 1. The predicted molar refractivity (Wildman–Crippen MR) is 85.4 cm³/mol. The zero-order valence-electron chi connectivity index (χ0n) is 13.2. The number of hydrogen-bond acceptors (Lipinski definition) is 4. The first-order valence-electron chi connectivity index (χ1n) is 7.90. The number of nitrogens with one attached hydrogen (secondary N) is 1. The van der Waals surface area contributed by atoms with Crippen molar-refractivity contribution in [2.45, 2.75) is 18.7 Å². The van der Waals surface area contributed by atoms with Crippen LogP contribution in [-0.2, 0) is 10.0 Å². The van der Waals surface area contributed by atoms with Crippen molar-refractivity contribution in [2.24, 2.45) is 17.8 Å². The van der Waals surface area contributed by atoms with Crippen LogP contribution in [0, 0.1) is 17.8 Å². The highest BCUT2D eigenvalue weighted by atomic mass is 32.2. The van der Waals surface area contributed by atoms with E-state index in [4.69, 9.17) is 4.74 Å². The Kier molecular flexibility index (Phi) is 4.43. The van der Waals surface area contributed by atoms with E-state index in [0.717, 1.165) is 18.8 Å². The van der Waals surface area contributed by atoms with Crippen molar-refractivity contribution in [1.82, 2.24) is 9.62 Å². The number of benzene rings is 1. The fourth-order valence-corrected chi connectivity index (χ4v) is 4.68. The molecule has 1 aromatic rings. The highest BCUT2D eigenvalue weighted by Crippen LogP contribution is 2.31. The second kappa shape index (κ2) is 6.18. The quantitative estimate of drug-likeness (QED) is 0.893. The summed E-state index contributed by atoms with van der Waals surface area (Å²) in [6.45, 7) is 7.92. The van der Waals surface area contributed by atoms with E-state index < -0.39 is 10.0 Å². The van der Waals surface area contributed by atoms with Crippen LogP contribution in [0.4, 0.5) is 0 Å². The third-order valence-electron chi connectivity index (χ3n) is 4.40. The number of hydrogen-bond donors (Lipinski definition) is 1. The first kappa shape index (κ1) is 15.8. The number of rotatable bonds is 5. The molecule has 3 rings (SSSR count). The third kappa shape index (κ3) is 3.14. The van der Waals surface area contributed by atoms with Gasteiger partial charge >= 0.3 is 0 Å². The van der Waals surface area contributed by atoms with E-state index >= 15 is 0 Å². The maximum absolute atomic E-state index is 12.7. The highest BCUT2D eigenvalue weighted by molar-refractivity contribution is 7.89. The molecule has 122 valence electrons. The molecular formula is C16H24N2O3S. The summed E-state index contributed by atoms with van der Waals surface area (Å²) in [7, 11) is -3.38. The van der Waals surface area contributed by atoms with Crippen molar-refractivity contribution in [3.8, 4) is 5.75 Å². The molecule has 2 heterocycles. The molecule has 2 aliphatic heterocycles. The molecule has 2 saturated heterocycles. The van der Waals surface area contributed by atoms with Crippen molar-refractivity contribution < 1.29 is 13.2 Å². The molecule has 1 aromatic carbocycles. The van der Waals surface area contributed by atoms with Crippen LogP contribution >= 0.6 is 0 Å². The summed E-state index contributed by atoms with van der Waals surface area (Å²) in [6, 6.07) is 6.79. The second-order valence-electron chi connectivity index (χ2n) is 6.68. The Morgan fingerprint density at radius 2 is 1.77 bits per heavy atom. The van der Waals surface area contributed by atoms with Crippen LogP contribution in [0.2, 0.25) is 0 Å². The minimum Gasteiger partial charge on any atom is -0.493 e. The van der Waals surface area contributed by atoms with Crippen LogP contribution in [-0.4, -0.2) is 45.5 Å². The Hall–Kier alpha value is -1.11. The molecular weight excluding hydrogens is 300 g/mol. The molecule has 0 aromatic heterocycles. The van der Waals surface area contributed by atoms with Crippen LogP contribution in [0.1, 0.15) is 13.8 Å². The predicted octanol–water partition coefficient (Wildman–Crippen LogP) is 1.56. The summed E-state index contributed by atoms with van der Waals surface area (Å²) in [5.74, 6) is 2.09. The zero-order chi connectivity index (χ0) is 15.7. The summed E-state index contributed by atoms with van der Waals surface area (Å²) in [5, 5.41) is 3.33. The average molecular weight is 324 g/mol. The summed E-state index contributed by atoms with van der Waals surface area (Å²) < 4.78 is 32.7. The van der Waals surface area contributed by atoms with Gasteiger partial charge in [0.2, 0.25) is 10.0 Å². The lowest BCUT2D eigenvalue weighted by molar-refractivity contribution is 0.271. The second-order valence-corrected chi connectivity index (χ2v) is 8.61. The molecule has 2 aliphatic rings. The van der Waals surface area contributed by atoms with Gasteiger partial charge in [0.05, 0.1) is 11.5 Å². The molecule has 0 aliphatic carbocycles. The molecule has 0 saturated carbocycles. The molecule has 22 heavy (non-hydrogen) atoms. The van der Waals surface area contributed by atoms with Crippen molar-refractivity contribution >= 4 is 10.0 Å². The fraction of sp³-hybridized carbons (Fsp3) is 0.625. The Bertz CT molecular complexity index is 601. The van der Waals surface area contributed by atoms with Crippen LogP contribution in [0.15, 0.2) is 29.2 Å². The largest absolute Gasteiger partial charge is 0.493 e. The van der Waals surface area contributed by atoms with Crippen LogP contribution < -0.4 is 10.1 Å². The van der Waals surface area contributed by atoms with Crippen LogP contribution in [0.5, 0.6) is 5.75 Å². The maximum atomic E-state index is 12.7. The van der Waals surface area contributed by atoms with Gasteiger partial charge in [0.25, 0.3) is 0 Å². The van der Waals surface area contributed by atoms with E-state index in [9.17, 15) is 8.42 Å². The summed E-state index contributed by atoms with van der Waals surface area (Å²) in [6.07, 6.45) is 0. The van der Waals surface area contributed by atoms with Crippen molar-refractivity contribution in [3.05, 3.63) is 24.3 Å². The Morgan fingerprint density at radius 1 is 1.18 bits per heavy atom. The molecule has 5 nitrogen and oxygen atoms in total. The van der Waals surface area contributed by atoms with Gasteiger partial charge in [-0.1, -0.05) is 13.8 Å². The minimum absolute atomic E-state index is 0.359. The van der Waals surface area contributed by atoms with Gasteiger partial charge in [0.15, 0.2) is 0 Å². The van der Waals surface area contributed by atoms with Gasteiger partial charge in [-0.15, -0.1) is 0 Å². The van der Waals surface area contributed by atoms with Gasteiger partial charge in [-0.05, 0) is 55.1 Å². The van der Waals surface area contributed by atoms with Crippen molar-refractivity contribution in [2.75, 3.05) is 32.8 Å². The molecule has 6 heteroatoms. The van der Waals surface area contributed by atoms with Gasteiger partial charge in [-0.25, -0.2) is 8.42 Å². The van der Waals surface area contributed by atoms with Gasteiger partial charge in [-0.2, -0.15) is 4.31 Å². The van der Waals surface area contributed by atoms with Gasteiger partial charge < -0.3 is 10.1 Å². The van der Waals surface area contributed by atoms with E-state index in [2.05, 4.69) is 19.2 Å². The van der Waals surface area contributed by atoms with Gasteiger partial charge in [-0.3, -0.25) is 0 Å². The van der Waals surface area contributed by atoms with Crippen molar-refractivity contribution in [3.63, 3.8) is 0 Å². The van der Waals surface area contributed by atoms with E-state index in [1.807, 2.05) is 0 Å². The minimum atomic E-state index is -3.38. The average Bonchev–Trinajstić information content (AvgIpc) is 3.07. The summed E-state index contributed by atoms with van der Waals surface area (Å²) in [5.41, 5.74) is 0. The normalized spacial score (nSPS) is 25.6. The molecule has 0 unspecified atom stereocenters. The van der Waals surface area contributed by atoms with Crippen molar-refractivity contribution in [1.29, 1.82) is 0 Å². The number of nitrogens with zero attached hydrogens (tertiary/aromatic N) is 1. The standard InChI is InChI=1S/C16H24N2O3S/c1-12(2)11-21-15-3-5-16(6-4-15)22(19,20)18-9-13-7-17-8-14(13)10-18/h3-6,12-14,17H,7-11H2,1-2H3/t13-,14+. The van der Waals surface area contributed by atoms with Gasteiger partial charge in [0, 0.05) is 13.1 Å². The molecule has 2 fully saturated rings. The zero-order valence-corrected chi connectivity index (χ0v) is 14.0. The number of sulfonamides is 1. The Morgan fingerprint density at radius 3 is 2.32 bits per heavy atom. The van der Waals surface area contributed by atoms with Crippen LogP contribution in [0.25, 0.3) is 0 Å². The molecule has 0 bridgehead atoms. The third-order valence-corrected chi connectivity index (χ3v) is 6.25. The molecule has 0 amide bonds. The lowest BCUT2D eigenvalue weighted by Crippen LogP contribution is -2.31. The smallest absolute Gasteiger partial charge is 0.243 e. The van der Waals surface area contributed by atoms with Gasteiger partial charge in [0.1, 0.15) is 5.75 Å². The monoisotopic (exact) mass is 324 g/mol. The Labute approximate surface area is 132 Å². The van der Waals surface area contributed by atoms with E-state index in [1.54, 1.807) is 28.6 Å². The summed E-state index contributed by atoms with van der Waals surface area (Å²) >= 11 is 0. The Balaban J connectivity index is 1.70. The lowest BCUT2D eigenvalue weighted by atomic mass is 10.0. The molecule has 0 radical (unpaired) electrons. The fourth-order valence-electron chi connectivity index (χ4n) is 3.13. The lowest BCUT2D eigenvalue weighted by Gasteiger charge is -2.17. The van der Waals surface area contributed by atoms with E-state index in [0.29, 0.717) is 42.3 Å². The maximum Gasteiger partial charge on any atom is 0.243 e. The molecule has 2 atom stereocenters. The first-order valence-corrected chi connectivity index (χ1v) is 9.34. The van der Waals surface area contributed by atoms with E-state index in [1.165, 1.54) is 0 Å². The van der Waals surface area contributed by atoms with Crippen LogP contribution in [0.3, 0.4) is 0 Å². The highest BCUT2D eigenvalue weighted by Gasteiger charge is 2.41. The number of fused-ring (bicyclic) bond motifs is 1. The molecule has 0 spiro atoms. The topological polar surface area (TPSA) is 58.6 Å².